The molecule has 3 aromatic rings. The highest BCUT2D eigenvalue weighted by Gasteiger charge is 2.24. The molecule has 0 aliphatic carbocycles. The van der Waals surface area contributed by atoms with E-state index in [-0.39, 0.29) is 17.9 Å². The Hall–Kier alpha value is -3.59. The van der Waals surface area contributed by atoms with Gasteiger partial charge in [0, 0.05) is 11.1 Å². The number of nitrogens with zero attached hydrogens (tertiary/aromatic N) is 2. The molecule has 0 fully saturated rings. The molecule has 1 amide bonds. The molecule has 0 saturated heterocycles. The lowest BCUT2D eigenvalue weighted by atomic mass is 10.1. The fraction of sp³-hybridized carbons (Fsp3) is 0.227. The number of nitrogens with one attached hydrogen (secondary N) is 1. The molecule has 1 N–H and O–H groups in total. The van der Waals surface area contributed by atoms with Crippen LogP contribution < -0.4 is 5.32 Å². The predicted molar refractivity (Wildman–Crippen MR) is 116 cm³/mol. The van der Waals surface area contributed by atoms with E-state index in [0.29, 0.717) is 16.3 Å². The molecule has 0 radical (unpaired) electrons. The van der Waals surface area contributed by atoms with Gasteiger partial charge in [0.05, 0.1) is 24.1 Å². The van der Waals surface area contributed by atoms with Crippen LogP contribution >= 0.6 is 11.3 Å². The summed E-state index contributed by atoms with van der Waals surface area (Å²) in [5.41, 5.74) is 2.57. The summed E-state index contributed by atoms with van der Waals surface area (Å²) in [7, 11) is 0. The van der Waals surface area contributed by atoms with E-state index < -0.39 is 24.5 Å². The number of aromatic nitrogens is 2. The number of hydrogen-bond acceptors (Lipinski definition) is 8. The Morgan fingerprint density at radius 1 is 1.00 bits per heavy atom. The summed E-state index contributed by atoms with van der Waals surface area (Å²) >= 11 is 1.26. The van der Waals surface area contributed by atoms with Crippen molar-refractivity contribution in [3.63, 3.8) is 0 Å². The third-order valence-electron chi connectivity index (χ3n) is 4.24. The Labute approximate surface area is 183 Å². The molecule has 9 heteroatoms. The van der Waals surface area contributed by atoms with Crippen molar-refractivity contribution in [2.24, 2.45) is 0 Å². The second-order valence-electron chi connectivity index (χ2n) is 6.51. The quantitative estimate of drug-likeness (QED) is 0.558. The Morgan fingerprint density at radius 3 is 2.39 bits per heavy atom. The normalized spacial score (nSPS) is 10.4. The van der Waals surface area contributed by atoms with Gasteiger partial charge in [-0.1, -0.05) is 30.3 Å². The molecule has 0 unspecified atom stereocenters. The van der Waals surface area contributed by atoms with Crippen LogP contribution in [0.2, 0.25) is 0 Å². The first-order valence-electron chi connectivity index (χ1n) is 9.52. The van der Waals surface area contributed by atoms with Crippen LogP contribution in [-0.4, -0.2) is 41.0 Å². The van der Waals surface area contributed by atoms with Crippen molar-refractivity contribution >= 4 is 34.2 Å². The third kappa shape index (κ3) is 5.32. The van der Waals surface area contributed by atoms with Crippen LogP contribution in [0.3, 0.4) is 0 Å². The topological polar surface area (TPSA) is 107 Å². The van der Waals surface area contributed by atoms with Crippen molar-refractivity contribution in [1.29, 1.82) is 0 Å². The molecule has 0 bridgehead atoms. The molecule has 0 aliphatic rings. The highest BCUT2D eigenvalue weighted by Crippen LogP contribution is 2.40. The van der Waals surface area contributed by atoms with Crippen LogP contribution in [0.4, 0.5) is 5.00 Å². The Balaban J connectivity index is 1.77. The molecule has 0 saturated carbocycles. The molecule has 2 aromatic heterocycles. The number of carbonyl (C=O) groups is 3. The summed E-state index contributed by atoms with van der Waals surface area (Å²) < 4.78 is 10.2. The fourth-order valence-corrected chi connectivity index (χ4v) is 4.00. The number of hydrogen-bond donors (Lipinski definition) is 1. The number of esters is 2. The van der Waals surface area contributed by atoms with Gasteiger partial charge in [0.25, 0.3) is 5.91 Å². The van der Waals surface area contributed by atoms with Gasteiger partial charge < -0.3 is 14.8 Å². The van der Waals surface area contributed by atoms with Crippen molar-refractivity contribution in [1.82, 2.24) is 9.97 Å². The van der Waals surface area contributed by atoms with Gasteiger partial charge in [0.15, 0.2) is 12.3 Å². The highest BCUT2D eigenvalue weighted by molar-refractivity contribution is 7.20. The van der Waals surface area contributed by atoms with Gasteiger partial charge in [-0.15, -0.1) is 11.3 Å². The molecule has 0 spiro atoms. The molecule has 1 aromatic carbocycles. The largest absolute Gasteiger partial charge is 0.462 e. The average molecular weight is 439 g/mol. The lowest BCUT2D eigenvalue weighted by molar-refractivity contribution is -0.119. The number of ether oxygens (including phenoxy) is 2. The number of thiophene rings is 1. The van der Waals surface area contributed by atoms with Crippen molar-refractivity contribution in [2.45, 2.75) is 20.8 Å². The first-order chi connectivity index (χ1) is 14.9. The maximum atomic E-state index is 12.5. The summed E-state index contributed by atoms with van der Waals surface area (Å²) in [6.45, 7) is 4.93. The highest BCUT2D eigenvalue weighted by atomic mass is 32.1. The zero-order chi connectivity index (χ0) is 22.4. The van der Waals surface area contributed by atoms with Gasteiger partial charge in [-0.3, -0.25) is 9.78 Å². The number of amides is 1. The SMILES string of the molecule is CCOC(=O)c1c(NC(=O)COC(=O)c2cnc(C)cn2)sc(-c2ccccc2)c1C. The second-order valence-corrected chi connectivity index (χ2v) is 7.53. The van der Waals surface area contributed by atoms with E-state index >= 15 is 0 Å². The van der Waals surface area contributed by atoms with E-state index in [0.717, 1.165) is 10.4 Å². The zero-order valence-corrected chi connectivity index (χ0v) is 18.1. The molecular formula is C22H21N3O5S. The van der Waals surface area contributed by atoms with E-state index in [2.05, 4.69) is 15.3 Å². The van der Waals surface area contributed by atoms with Crippen LogP contribution in [-0.2, 0) is 14.3 Å². The van der Waals surface area contributed by atoms with Crippen LogP contribution in [0.25, 0.3) is 10.4 Å². The minimum atomic E-state index is -0.763. The number of carbonyl (C=O) groups excluding carboxylic acids is 3. The van der Waals surface area contributed by atoms with E-state index in [1.165, 1.54) is 23.7 Å². The predicted octanol–water partition coefficient (Wildman–Crippen LogP) is 3.79. The summed E-state index contributed by atoms with van der Waals surface area (Å²) in [6.07, 6.45) is 2.71. The first-order valence-corrected chi connectivity index (χ1v) is 10.3. The minimum Gasteiger partial charge on any atom is -0.462 e. The molecule has 2 heterocycles. The molecule has 8 nitrogen and oxygen atoms in total. The number of benzene rings is 1. The summed E-state index contributed by atoms with van der Waals surface area (Å²) in [4.78, 5) is 45.7. The summed E-state index contributed by atoms with van der Waals surface area (Å²) in [5, 5.41) is 3.00. The maximum absolute atomic E-state index is 12.5. The Morgan fingerprint density at radius 2 is 1.74 bits per heavy atom. The lowest BCUT2D eigenvalue weighted by Gasteiger charge is -2.08. The molecule has 3 rings (SSSR count). The summed E-state index contributed by atoms with van der Waals surface area (Å²) in [5.74, 6) is -1.87. The first kappa shape index (κ1) is 22.1. The van der Waals surface area contributed by atoms with Crippen molar-refractivity contribution < 1.29 is 23.9 Å². The zero-order valence-electron chi connectivity index (χ0n) is 17.3. The van der Waals surface area contributed by atoms with E-state index in [4.69, 9.17) is 9.47 Å². The standard InChI is InChI=1S/C22H21N3O5S/c1-4-29-22(28)18-14(3)19(15-8-6-5-7-9-15)31-20(18)25-17(26)12-30-21(27)16-11-23-13(2)10-24-16/h5-11H,4,12H2,1-3H3,(H,25,26). The van der Waals surface area contributed by atoms with Gasteiger partial charge in [-0.05, 0) is 31.9 Å². The van der Waals surface area contributed by atoms with Gasteiger partial charge in [-0.2, -0.15) is 0 Å². The van der Waals surface area contributed by atoms with E-state index in [1.54, 1.807) is 20.8 Å². The third-order valence-corrected chi connectivity index (χ3v) is 5.50. The number of rotatable bonds is 7. The lowest BCUT2D eigenvalue weighted by Crippen LogP contribution is -2.22. The van der Waals surface area contributed by atoms with Gasteiger partial charge in [0.1, 0.15) is 5.00 Å². The van der Waals surface area contributed by atoms with Gasteiger partial charge in [-0.25, -0.2) is 14.6 Å². The molecular weight excluding hydrogens is 418 g/mol. The van der Waals surface area contributed by atoms with E-state index in [9.17, 15) is 14.4 Å². The van der Waals surface area contributed by atoms with E-state index in [1.807, 2.05) is 30.3 Å². The van der Waals surface area contributed by atoms with Crippen molar-refractivity contribution in [3.05, 3.63) is 65.2 Å². The van der Waals surface area contributed by atoms with Crippen LogP contribution in [0, 0.1) is 13.8 Å². The monoisotopic (exact) mass is 439 g/mol. The van der Waals surface area contributed by atoms with Crippen LogP contribution in [0.1, 0.15) is 39.0 Å². The van der Waals surface area contributed by atoms with Gasteiger partial charge in [0.2, 0.25) is 0 Å². The Bertz CT molecular complexity index is 1090. The van der Waals surface area contributed by atoms with Crippen LogP contribution in [0.15, 0.2) is 42.7 Å². The number of aryl methyl sites for hydroxylation is 1. The maximum Gasteiger partial charge on any atom is 0.359 e. The van der Waals surface area contributed by atoms with Crippen molar-refractivity contribution in [3.8, 4) is 10.4 Å². The molecule has 0 atom stereocenters. The smallest absolute Gasteiger partial charge is 0.359 e. The minimum absolute atomic E-state index is 0.00365. The molecule has 0 aliphatic heterocycles. The molecule has 31 heavy (non-hydrogen) atoms. The fourth-order valence-electron chi connectivity index (χ4n) is 2.78. The van der Waals surface area contributed by atoms with Gasteiger partial charge >= 0.3 is 11.9 Å². The van der Waals surface area contributed by atoms with Crippen molar-refractivity contribution in [2.75, 3.05) is 18.5 Å². The number of anilines is 1. The summed E-state index contributed by atoms with van der Waals surface area (Å²) in [6, 6.07) is 9.52. The Kier molecular flexibility index (Phi) is 7.09. The average Bonchev–Trinajstić information content (AvgIpc) is 3.09. The molecule has 160 valence electrons. The van der Waals surface area contributed by atoms with Crippen LogP contribution in [0.5, 0.6) is 0 Å². The second kappa shape index (κ2) is 9.94.